The molecule has 1 aliphatic carbocycles. The van der Waals surface area contributed by atoms with Crippen LogP contribution in [0.5, 0.6) is 5.75 Å². The van der Waals surface area contributed by atoms with E-state index in [1.165, 1.54) is 43.4 Å². The lowest BCUT2D eigenvalue weighted by molar-refractivity contribution is -0.140. The largest absolute Gasteiger partial charge is 0.426 e. The van der Waals surface area contributed by atoms with Gasteiger partial charge in [-0.05, 0) is 68.2 Å². The second-order valence-electron chi connectivity index (χ2n) is 7.11. The normalized spacial score (nSPS) is 20.4. The quantitative estimate of drug-likeness (QED) is 0.252. The Kier molecular flexibility index (Phi) is 8.34. The van der Waals surface area contributed by atoms with E-state index in [9.17, 15) is 9.18 Å². The first-order valence-electron chi connectivity index (χ1n) is 9.70. The minimum Gasteiger partial charge on any atom is -0.426 e. The molecule has 0 aromatic heterocycles. The highest BCUT2D eigenvalue weighted by Crippen LogP contribution is 2.31. The van der Waals surface area contributed by atoms with E-state index >= 15 is 0 Å². The summed E-state index contributed by atoms with van der Waals surface area (Å²) >= 11 is 0. The molecule has 0 saturated heterocycles. The minimum atomic E-state index is -0.731. The molecule has 1 aromatic carbocycles. The van der Waals surface area contributed by atoms with Crippen molar-refractivity contribution >= 4 is 5.97 Å². The van der Waals surface area contributed by atoms with Crippen LogP contribution in [0.25, 0.3) is 0 Å². The first-order valence-corrected chi connectivity index (χ1v) is 9.70. The molecule has 3 nitrogen and oxygen atoms in total. The number of hydrogen-bond acceptors (Lipinski definition) is 3. The number of unbranched alkanes of at least 4 members (excludes halogenated alkanes) is 3. The average Bonchev–Trinajstić information content (AvgIpc) is 2.67. The van der Waals surface area contributed by atoms with Gasteiger partial charge in [0.1, 0.15) is 11.8 Å². The van der Waals surface area contributed by atoms with Crippen LogP contribution in [0.1, 0.15) is 63.9 Å². The molecule has 0 unspecified atom stereocenters. The molecule has 1 fully saturated rings. The Hall–Kier alpha value is -2.15. The van der Waals surface area contributed by atoms with Crippen molar-refractivity contribution < 1.29 is 13.9 Å². The molecule has 26 heavy (non-hydrogen) atoms. The predicted molar refractivity (Wildman–Crippen MR) is 100 cm³/mol. The Balaban J connectivity index is 1.77. The number of esters is 1. The maximum Gasteiger partial charge on any atom is 0.314 e. The van der Waals surface area contributed by atoms with Gasteiger partial charge in [-0.3, -0.25) is 4.79 Å². The Bertz CT molecular complexity index is 637. The summed E-state index contributed by atoms with van der Waals surface area (Å²) in [5, 5.41) is 8.49. The SMILES string of the molecule is CCCCCCc1ccc(OC(=O)C2CCC(C=C(F)C#N)CC2)cc1. The zero-order valence-electron chi connectivity index (χ0n) is 15.5. The summed E-state index contributed by atoms with van der Waals surface area (Å²) in [7, 11) is 0. The molecule has 0 aliphatic heterocycles. The van der Waals surface area contributed by atoms with Crippen LogP contribution < -0.4 is 4.74 Å². The summed E-state index contributed by atoms with van der Waals surface area (Å²) in [6, 6.07) is 9.29. The van der Waals surface area contributed by atoms with Crippen LogP contribution in [-0.2, 0) is 11.2 Å². The summed E-state index contributed by atoms with van der Waals surface area (Å²) in [5.74, 6) is -0.441. The lowest BCUT2D eigenvalue weighted by Gasteiger charge is -2.25. The molecule has 0 radical (unpaired) electrons. The number of rotatable bonds is 8. The smallest absolute Gasteiger partial charge is 0.314 e. The number of allylic oxidation sites excluding steroid dienone is 2. The van der Waals surface area contributed by atoms with E-state index < -0.39 is 5.83 Å². The molecular formula is C22H28FNO2. The van der Waals surface area contributed by atoms with E-state index in [1.807, 2.05) is 24.3 Å². The van der Waals surface area contributed by atoms with Crippen molar-refractivity contribution in [1.29, 1.82) is 5.26 Å². The number of halogens is 1. The van der Waals surface area contributed by atoms with Gasteiger partial charge in [-0.15, -0.1) is 0 Å². The van der Waals surface area contributed by atoms with Crippen LogP contribution in [0.15, 0.2) is 36.2 Å². The average molecular weight is 357 g/mol. The van der Waals surface area contributed by atoms with E-state index in [2.05, 4.69) is 6.92 Å². The standard InChI is InChI=1S/C22H28FNO2/c1-2-3-4-5-6-17-9-13-21(14-10-17)26-22(25)19-11-7-18(8-12-19)15-20(23)16-24/h9-10,13-15,18-19H,2-8,11-12H2,1H3. The summed E-state index contributed by atoms with van der Waals surface area (Å²) in [6.45, 7) is 2.21. The third-order valence-corrected chi connectivity index (χ3v) is 5.05. The number of carbonyl (C=O) groups excluding carboxylic acids is 1. The Labute approximate surface area is 155 Å². The summed E-state index contributed by atoms with van der Waals surface area (Å²) < 4.78 is 18.5. The summed E-state index contributed by atoms with van der Waals surface area (Å²) in [5.41, 5.74) is 1.27. The number of benzene rings is 1. The van der Waals surface area contributed by atoms with Crippen LogP contribution in [-0.4, -0.2) is 5.97 Å². The van der Waals surface area contributed by atoms with Crippen molar-refractivity contribution in [2.45, 2.75) is 64.7 Å². The van der Waals surface area contributed by atoms with Gasteiger partial charge in [0, 0.05) is 0 Å². The zero-order chi connectivity index (χ0) is 18.8. The number of carbonyl (C=O) groups is 1. The highest BCUT2D eigenvalue weighted by Gasteiger charge is 2.27. The number of hydrogen-bond donors (Lipinski definition) is 0. The van der Waals surface area contributed by atoms with E-state index in [4.69, 9.17) is 10.00 Å². The van der Waals surface area contributed by atoms with E-state index in [0.29, 0.717) is 31.4 Å². The molecule has 0 N–H and O–H groups in total. The van der Waals surface area contributed by atoms with Gasteiger partial charge in [-0.1, -0.05) is 38.3 Å². The van der Waals surface area contributed by atoms with Gasteiger partial charge >= 0.3 is 5.97 Å². The van der Waals surface area contributed by atoms with Crippen LogP contribution in [0.2, 0.25) is 0 Å². The van der Waals surface area contributed by atoms with Crippen LogP contribution in [0.4, 0.5) is 4.39 Å². The highest BCUT2D eigenvalue weighted by molar-refractivity contribution is 5.75. The number of nitriles is 1. The number of ether oxygens (including phenoxy) is 1. The van der Waals surface area contributed by atoms with Gasteiger partial charge in [-0.2, -0.15) is 9.65 Å². The van der Waals surface area contributed by atoms with Gasteiger partial charge < -0.3 is 4.74 Å². The second-order valence-corrected chi connectivity index (χ2v) is 7.11. The van der Waals surface area contributed by atoms with Crippen molar-refractivity contribution in [2.24, 2.45) is 11.8 Å². The van der Waals surface area contributed by atoms with Crippen molar-refractivity contribution in [3.8, 4) is 11.8 Å². The maximum absolute atomic E-state index is 13.0. The Morgan fingerprint density at radius 1 is 1.19 bits per heavy atom. The molecule has 4 heteroatoms. The highest BCUT2D eigenvalue weighted by atomic mass is 19.1. The third kappa shape index (κ3) is 6.63. The molecule has 1 saturated carbocycles. The summed E-state index contributed by atoms with van der Waals surface area (Å²) in [4.78, 5) is 12.3. The van der Waals surface area contributed by atoms with Gasteiger partial charge in [0.2, 0.25) is 0 Å². The first kappa shape index (κ1) is 20.2. The summed E-state index contributed by atoms with van der Waals surface area (Å²) in [6.07, 6.45) is 10.2. The van der Waals surface area contributed by atoms with Crippen LogP contribution in [0.3, 0.4) is 0 Å². The van der Waals surface area contributed by atoms with Crippen molar-refractivity contribution in [3.63, 3.8) is 0 Å². The fourth-order valence-electron chi connectivity index (χ4n) is 3.45. The minimum absolute atomic E-state index is 0.0469. The molecule has 0 amide bonds. The molecule has 2 rings (SSSR count). The van der Waals surface area contributed by atoms with Gasteiger partial charge in [0.15, 0.2) is 5.83 Å². The van der Waals surface area contributed by atoms with Gasteiger partial charge in [0.05, 0.1) is 5.92 Å². The molecule has 140 valence electrons. The fraction of sp³-hybridized carbons (Fsp3) is 0.545. The molecule has 1 aliphatic rings. The lowest BCUT2D eigenvalue weighted by atomic mass is 9.82. The fourth-order valence-corrected chi connectivity index (χ4v) is 3.45. The first-order chi connectivity index (χ1) is 12.6. The Morgan fingerprint density at radius 3 is 2.50 bits per heavy atom. The molecular weight excluding hydrogens is 329 g/mol. The molecule has 0 atom stereocenters. The van der Waals surface area contributed by atoms with Crippen molar-refractivity contribution in [2.75, 3.05) is 0 Å². The third-order valence-electron chi connectivity index (χ3n) is 5.05. The zero-order valence-corrected chi connectivity index (χ0v) is 15.5. The van der Waals surface area contributed by atoms with Gasteiger partial charge in [-0.25, -0.2) is 0 Å². The second kappa shape index (κ2) is 10.8. The monoisotopic (exact) mass is 357 g/mol. The Morgan fingerprint density at radius 2 is 1.88 bits per heavy atom. The molecule has 0 bridgehead atoms. The van der Waals surface area contributed by atoms with Crippen molar-refractivity contribution in [3.05, 3.63) is 41.7 Å². The maximum atomic E-state index is 13.0. The van der Waals surface area contributed by atoms with E-state index in [1.54, 1.807) is 0 Å². The van der Waals surface area contributed by atoms with E-state index in [0.717, 1.165) is 6.42 Å². The topological polar surface area (TPSA) is 50.1 Å². The van der Waals surface area contributed by atoms with Crippen LogP contribution >= 0.6 is 0 Å². The van der Waals surface area contributed by atoms with E-state index in [-0.39, 0.29) is 17.8 Å². The molecule has 1 aromatic rings. The molecule has 0 spiro atoms. The molecule has 0 heterocycles. The number of nitrogens with zero attached hydrogens (tertiary/aromatic N) is 1. The predicted octanol–water partition coefficient (Wildman–Crippen LogP) is 5.90. The van der Waals surface area contributed by atoms with Gasteiger partial charge in [0.25, 0.3) is 0 Å². The van der Waals surface area contributed by atoms with Crippen molar-refractivity contribution in [1.82, 2.24) is 0 Å². The number of aryl methyl sites for hydroxylation is 1. The lowest BCUT2D eigenvalue weighted by Crippen LogP contribution is -2.25. The van der Waals surface area contributed by atoms with Crippen LogP contribution in [0, 0.1) is 23.2 Å².